The molecule has 0 radical (unpaired) electrons. The highest BCUT2D eigenvalue weighted by molar-refractivity contribution is 6.33. The van der Waals surface area contributed by atoms with E-state index in [0.29, 0.717) is 11.1 Å². The summed E-state index contributed by atoms with van der Waals surface area (Å²) in [6.07, 6.45) is 3.81. The lowest BCUT2D eigenvalue weighted by atomic mass is 10.1. The minimum absolute atomic E-state index is 0.470. The molecule has 3 aromatic rings. The van der Waals surface area contributed by atoms with Gasteiger partial charge < -0.3 is 9.64 Å². The first kappa shape index (κ1) is 17.8. The number of aryl methyl sites for hydroxylation is 1. The number of nitrogens with zero attached hydrogens (tertiary/aromatic N) is 4. The van der Waals surface area contributed by atoms with E-state index in [2.05, 4.69) is 29.5 Å². The maximum absolute atomic E-state index is 6.58. The van der Waals surface area contributed by atoms with Crippen LogP contribution in [-0.4, -0.2) is 34.5 Å². The number of hydrogen-bond donors (Lipinski definition) is 0. The fourth-order valence-electron chi connectivity index (χ4n) is 4.30. The number of hydrogen-bond acceptors (Lipinski definition) is 4. The van der Waals surface area contributed by atoms with Crippen LogP contribution in [0, 0.1) is 12.8 Å². The third-order valence-corrected chi connectivity index (χ3v) is 6.30. The van der Waals surface area contributed by atoms with E-state index in [9.17, 15) is 0 Å². The monoisotopic (exact) mass is 396 g/mol. The molecular formula is C22H25ClN4O. The molecule has 2 aliphatic rings. The molecule has 0 amide bonds. The summed E-state index contributed by atoms with van der Waals surface area (Å²) in [5.74, 6) is 1.58. The molecule has 0 spiro atoms. The Morgan fingerprint density at radius 2 is 2.07 bits per heavy atom. The van der Waals surface area contributed by atoms with Gasteiger partial charge in [0.15, 0.2) is 0 Å². The summed E-state index contributed by atoms with van der Waals surface area (Å²) in [6, 6.07) is 8.44. The van der Waals surface area contributed by atoms with Gasteiger partial charge in [-0.3, -0.25) is 4.68 Å². The largest absolute Gasteiger partial charge is 0.497 e. The molecule has 0 N–H and O–H groups in total. The Labute approximate surface area is 170 Å². The van der Waals surface area contributed by atoms with Gasteiger partial charge in [-0.25, -0.2) is 4.98 Å². The highest BCUT2D eigenvalue weighted by atomic mass is 35.5. The van der Waals surface area contributed by atoms with E-state index in [1.165, 1.54) is 18.5 Å². The summed E-state index contributed by atoms with van der Waals surface area (Å²) in [7, 11) is 1.65. The molecule has 1 aliphatic heterocycles. The molecule has 5 nitrogen and oxygen atoms in total. The van der Waals surface area contributed by atoms with Crippen LogP contribution in [0.3, 0.4) is 0 Å². The predicted molar refractivity (Wildman–Crippen MR) is 113 cm³/mol. The Balaban J connectivity index is 1.71. The van der Waals surface area contributed by atoms with Crippen LogP contribution in [0.25, 0.3) is 22.3 Å². The highest BCUT2D eigenvalue weighted by Gasteiger charge is 2.34. The van der Waals surface area contributed by atoms with E-state index in [0.717, 1.165) is 59.2 Å². The molecule has 0 unspecified atom stereocenters. The lowest BCUT2D eigenvalue weighted by Crippen LogP contribution is -2.42. The molecule has 6 heteroatoms. The molecule has 2 aromatic heterocycles. The van der Waals surface area contributed by atoms with Crippen molar-refractivity contribution in [1.29, 1.82) is 0 Å². The maximum Gasteiger partial charge on any atom is 0.120 e. The zero-order valence-electron chi connectivity index (χ0n) is 16.6. The topological polar surface area (TPSA) is 43.2 Å². The third kappa shape index (κ3) is 2.84. The fraction of sp³-hybridized carbons (Fsp3) is 0.455. The van der Waals surface area contributed by atoms with Crippen LogP contribution in [0.1, 0.15) is 31.9 Å². The smallest absolute Gasteiger partial charge is 0.120 e. The SMILES string of the molecule is CC[C@H]1Cn2nc(-c3ccc(OC)cc3Cl)c3nc(C)cc(c32)N1CC1CC1. The quantitative estimate of drug-likeness (QED) is 0.603. The van der Waals surface area contributed by atoms with Gasteiger partial charge in [0.2, 0.25) is 0 Å². The number of methoxy groups -OCH3 is 1. The minimum atomic E-state index is 0.470. The molecule has 1 fully saturated rings. The van der Waals surface area contributed by atoms with Gasteiger partial charge in [0, 0.05) is 23.8 Å². The molecule has 1 aromatic carbocycles. The van der Waals surface area contributed by atoms with Crippen molar-refractivity contribution in [2.24, 2.45) is 5.92 Å². The number of aromatic nitrogens is 3. The summed E-state index contributed by atoms with van der Waals surface area (Å²) < 4.78 is 7.44. The van der Waals surface area contributed by atoms with Gasteiger partial charge in [0.05, 0.1) is 24.4 Å². The van der Waals surface area contributed by atoms with E-state index >= 15 is 0 Å². The number of ether oxygens (including phenoxy) is 1. The first-order valence-corrected chi connectivity index (χ1v) is 10.5. The van der Waals surface area contributed by atoms with Crippen molar-refractivity contribution in [3.05, 3.63) is 35.0 Å². The molecule has 5 rings (SSSR count). The van der Waals surface area contributed by atoms with Crippen LogP contribution < -0.4 is 9.64 Å². The lowest BCUT2D eigenvalue weighted by molar-refractivity contribution is 0.415. The fourth-order valence-corrected chi connectivity index (χ4v) is 4.56. The van der Waals surface area contributed by atoms with Crippen LogP contribution in [0.15, 0.2) is 24.3 Å². The van der Waals surface area contributed by atoms with Crippen molar-refractivity contribution in [2.45, 2.75) is 45.7 Å². The summed E-state index contributed by atoms with van der Waals surface area (Å²) in [4.78, 5) is 7.49. The number of anilines is 1. The highest BCUT2D eigenvalue weighted by Crippen LogP contribution is 2.42. The van der Waals surface area contributed by atoms with Crippen molar-refractivity contribution in [3.63, 3.8) is 0 Å². The second kappa shape index (κ2) is 6.66. The Bertz CT molecular complexity index is 1060. The van der Waals surface area contributed by atoms with Gasteiger partial charge in [-0.1, -0.05) is 18.5 Å². The van der Waals surface area contributed by atoms with E-state index < -0.39 is 0 Å². The Morgan fingerprint density at radius 1 is 1.25 bits per heavy atom. The summed E-state index contributed by atoms with van der Waals surface area (Å²) in [6.45, 7) is 6.37. The standard InChI is InChI=1S/C22H25ClN4O/c1-4-15-12-27-22-19(26(15)11-14-5-6-14)9-13(2)24-21(22)20(25-27)17-8-7-16(28-3)10-18(17)23/h7-10,14-15H,4-6,11-12H2,1-3H3/t15-/m0/s1. The summed E-state index contributed by atoms with van der Waals surface area (Å²) >= 11 is 6.58. The second-order valence-corrected chi connectivity index (χ2v) is 8.42. The van der Waals surface area contributed by atoms with Crippen molar-refractivity contribution in [3.8, 4) is 17.0 Å². The van der Waals surface area contributed by atoms with Crippen LogP contribution in [0.5, 0.6) is 5.75 Å². The van der Waals surface area contributed by atoms with Crippen LogP contribution in [0.4, 0.5) is 5.69 Å². The molecular weight excluding hydrogens is 372 g/mol. The van der Waals surface area contributed by atoms with Gasteiger partial charge in [0.1, 0.15) is 22.5 Å². The van der Waals surface area contributed by atoms with E-state index in [1.54, 1.807) is 7.11 Å². The molecule has 146 valence electrons. The van der Waals surface area contributed by atoms with E-state index in [-0.39, 0.29) is 0 Å². The van der Waals surface area contributed by atoms with E-state index in [4.69, 9.17) is 26.4 Å². The Kier molecular flexibility index (Phi) is 4.23. The average Bonchev–Trinajstić information content (AvgIpc) is 3.44. The second-order valence-electron chi connectivity index (χ2n) is 8.01. The normalized spacial score (nSPS) is 18.7. The lowest BCUT2D eigenvalue weighted by Gasteiger charge is -2.37. The van der Waals surface area contributed by atoms with Gasteiger partial charge in [-0.15, -0.1) is 0 Å². The number of halogens is 1. The average molecular weight is 397 g/mol. The zero-order chi connectivity index (χ0) is 19.4. The first-order chi connectivity index (χ1) is 13.6. The molecule has 1 saturated carbocycles. The number of rotatable bonds is 5. The first-order valence-electron chi connectivity index (χ1n) is 10.1. The maximum atomic E-state index is 6.58. The minimum Gasteiger partial charge on any atom is -0.497 e. The Morgan fingerprint density at radius 3 is 2.75 bits per heavy atom. The van der Waals surface area contributed by atoms with Crippen molar-refractivity contribution >= 4 is 28.3 Å². The summed E-state index contributed by atoms with van der Waals surface area (Å²) in [5.41, 5.74) is 6.13. The van der Waals surface area contributed by atoms with Gasteiger partial charge >= 0.3 is 0 Å². The van der Waals surface area contributed by atoms with Gasteiger partial charge in [-0.2, -0.15) is 5.10 Å². The molecule has 0 saturated heterocycles. The van der Waals surface area contributed by atoms with Gasteiger partial charge in [0.25, 0.3) is 0 Å². The third-order valence-electron chi connectivity index (χ3n) is 5.99. The molecule has 0 bridgehead atoms. The predicted octanol–water partition coefficient (Wildman–Crippen LogP) is 5.08. The van der Waals surface area contributed by atoms with Crippen molar-refractivity contribution < 1.29 is 4.74 Å². The van der Waals surface area contributed by atoms with Gasteiger partial charge in [-0.05, 0) is 56.4 Å². The van der Waals surface area contributed by atoms with E-state index in [1.807, 2.05) is 18.2 Å². The van der Waals surface area contributed by atoms with Crippen LogP contribution >= 0.6 is 11.6 Å². The van der Waals surface area contributed by atoms with Crippen LogP contribution in [-0.2, 0) is 6.54 Å². The molecule has 1 aliphatic carbocycles. The number of pyridine rings is 1. The molecule has 3 heterocycles. The number of benzene rings is 1. The van der Waals surface area contributed by atoms with Crippen LogP contribution in [0.2, 0.25) is 5.02 Å². The summed E-state index contributed by atoms with van der Waals surface area (Å²) in [5, 5.41) is 5.61. The zero-order valence-corrected chi connectivity index (χ0v) is 17.3. The molecule has 28 heavy (non-hydrogen) atoms. The van der Waals surface area contributed by atoms with Crippen molar-refractivity contribution in [2.75, 3.05) is 18.6 Å². The van der Waals surface area contributed by atoms with Crippen molar-refractivity contribution in [1.82, 2.24) is 14.8 Å². The molecule has 1 atom stereocenters. The Hall–Kier alpha value is -2.27.